The average Bonchev–Trinajstić information content (AvgIpc) is 2.87. The Balaban J connectivity index is 1.90. The lowest BCUT2D eigenvalue weighted by molar-refractivity contribution is -0.0386. The fourth-order valence-corrected chi connectivity index (χ4v) is 2.42. The van der Waals surface area contributed by atoms with Gasteiger partial charge in [-0.3, -0.25) is 9.58 Å². The summed E-state index contributed by atoms with van der Waals surface area (Å²) in [5, 5.41) is 4.55. The van der Waals surface area contributed by atoms with Crippen LogP contribution < -0.4 is 5.73 Å². The van der Waals surface area contributed by atoms with Crippen molar-refractivity contribution >= 4 is 0 Å². The first-order valence-electron chi connectivity index (χ1n) is 7.23. The first kappa shape index (κ1) is 14.5. The number of ether oxygens (including phenoxy) is 1. The molecule has 2 rings (SSSR count). The SMILES string of the molecule is CCN1CCOC(C(N)Cc2ccn(C(C)C)n2)C1. The lowest BCUT2D eigenvalue weighted by atomic mass is 10.0. The topological polar surface area (TPSA) is 56.3 Å². The molecule has 2 unspecified atom stereocenters. The van der Waals surface area contributed by atoms with Crippen LogP contribution >= 0.6 is 0 Å². The summed E-state index contributed by atoms with van der Waals surface area (Å²) in [7, 11) is 0. The van der Waals surface area contributed by atoms with Crippen LogP contribution in [0.15, 0.2) is 12.3 Å². The number of morpholine rings is 1. The summed E-state index contributed by atoms with van der Waals surface area (Å²) in [5.41, 5.74) is 7.34. The summed E-state index contributed by atoms with van der Waals surface area (Å²) in [4.78, 5) is 2.39. The van der Waals surface area contributed by atoms with Gasteiger partial charge in [0.25, 0.3) is 0 Å². The fourth-order valence-electron chi connectivity index (χ4n) is 2.42. The van der Waals surface area contributed by atoms with Crippen LogP contribution in [0.3, 0.4) is 0 Å². The van der Waals surface area contributed by atoms with Crippen molar-refractivity contribution in [3.8, 4) is 0 Å². The summed E-state index contributed by atoms with van der Waals surface area (Å²) in [5.74, 6) is 0. The molecule has 0 saturated carbocycles. The van der Waals surface area contributed by atoms with E-state index in [1.165, 1.54) is 0 Å². The van der Waals surface area contributed by atoms with Crippen LogP contribution in [0.5, 0.6) is 0 Å². The van der Waals surface area contributed by atoms with Gasteiger partial charge in [0.15, 0.2) is 0 Å². The van der Waals surface area contributed by atoms with E-state index < -0.39 is 0 Å². The third-order valence-corrected chi connectivity index (χ3v) is 3.74. The van der Waals surface area contributed by atoms with E-state index in [1.54, 1.807) is 0 Å². The molecule has 0 aliphatic carbocycles. The van der Waals surface area contributed by atoms with Gasteiger partial charge in [0.1, 0.15) is 0 Å². The summed E-state index contributed by atoms with van der Waals surface area (Å²) >= 11 is 0. The van der Waals surface area contributed by atoms with E-state index in [1.807, 2.05) is 10.9 Å². The number of nitrogens with zero attached hydrogens (tertiary/aromatic N) is 3. The molecule has 0 spiro atoms. The zero-order valence-corrected chi connectivity index (χ0v) is 12.2. The predicted molar refractivity (Wildman–Crippen MR) is 76.1 cm³/mol. The van der Waals surface area contributed by atoms with E-state index in [0.717, 1.165) is 38.4 Å². The molecule has 0 bridgehead atoms. The third kappa shape index (κ3) is 3.78. The van der Waals surface area contributed by atoms with E-state index in [4.69, 9.17) is 10.5 Å². The van der Waals surface area contributed by atoms with E-state index in [9.17, 15) is 0 Å². The highest BCUT2D eigenvalue weighted by atomic mass is 16.5. The number of nitrogens with two attached hydrogens (primary N) is 1. The molecule has 1 aromatic heterocycles. The van der Waals surface area contributed by atoms with Crippen molar-refractivity contribution in [1.29, 1.82) is 0 Å². The van der Waals surface area contributed by atoms with Gasteiger partial charge in [-0.2, -0.15) is 5.10 Å². The van der Waals surface area contributed by atoms with Crippen molar-refractivity contribution < 1.29 is 4.74 Å². The van der Waals surface area contributed by atoms with Crippen LogP contribution in [-0.4, -0.2) is 53.1 Å². The van der Waals surface area contributed by atoms with Gasteiger partial charge in [0.05, 0.1) is 18.4 Å². The van der Waals surface area contributed by atoms with Crippen LogP contribution in [0.25, 0.3) is 0 Å². The smallest absolute Gasteiger partial charge is 0.0857 e. The Morgan fingerprint density at radius 3 is 2.95 bits per heavy atom. The summed E-state index contributed by atoms with van der Waals surface area (Å²) in [6.45, 7) is 10.2. The highest BCUT2D eigenvalue weighted by Gasteiger charge is 2.25. The zero-order chi connectivity index (χ0) is 13.8. The Hall–Kier alpha value is -0.910. The van der Waals surface area contributed by atoms with Crippen LogP contribution in [0, 0.1) is 0 Å². The van der Waals surface area contributed by atoms with Gasteiger partial charge >= 0.3 is 0 Å². The van der Waals surface area contributed by atoms with Gasteiger partial charge in [0.2, 0.25) is 0 Å². The van der Waals surface area contributed by atoms with Crippen LogP contribution in [0.1, 0.15) is 32.5 Å². The molecule has 2 atom stereocenters. The van der Waals surface area contributed by atoms with E-state index in [2.05, 4.69) is 36.8 Å². The maximum absolute atomic E-state index is 6.28. The molecule has 1 fully saturated rings. The molecule has 0 amide bonds. The quantitative estimate of drug-likeness (QED) is 0.865. The lowest BCUT2D eigenvalue weighted by Gasteiger charge is -2.34. The van der Waals surface area contributed by atoms with Crippen molar-refractivity contribution in [2.75, 3.05) is 26.2 Å². The largest absolute Gasteiger partial charge is 0.374 e. The highest BCUT2D eigenvalue weighted by Crippen LogP contribution is 2.12. The molecule has 1 aromatic rings. The molecular weight excluding hydrogens is 240 g/mol. The third-order valence-electron chi connectivity index (χ3n) is 3.74. The number of hydrogen-bond donors (Lipinski definition) is 1. The van der Waals surface area contributed by atoms with Crippen LogP contribution in [-0.2, 0) is 11.2 Å². The monoisotopic (exact) mass is 266 g/mol. The maximum atomic E-state index is 6.28. The minimum atomic E-state index is 0.0184. The average molecular weight is 266 g/mol. The van der Waals surface area contributed by atoms with E-state index >= 15 is 0 Å². The van der Waals surface area contributed by atoms with Gasteiger partial charge in [0, 0.05) is 37.8 Å². The zero-order valence-electron chi connectivity index (χ0n) is 12.2. The van der Waals surface area contributed by atoms with Crippen LogP contribution in [0.2, 0.25) is 0 Å². The highest BCUT2D eigenvalue weighted by molar-refractivity contribution is 5.03. The molecule has 0 aromatic carbocycles. The number of likely N-dealkylation sites (N-methyl/N-ethyl adjacent to an activating group) is 1. The first-order chi connectivity index (χ1) is 9.10. The second kappa shape index (κ2) is 6.50. The molecule has 108 valence electrons. The molecule has 5 nitrogen and oxygen atoms in total. The van der Waals surface area contributed by atoms with Gasteiger partial charge in [-0.1, -0.05) is 6.92 Å². The Kier molecular flexibility index (Phi) is 4.96. The Labute approximate surface area is 115 Å². The van der Waals surface area contributed by atoms with Crippen molar-refractivity contribution in [3.63, 3.8) is 0 Å². The van der Waals surface area contributed by atoms with E-state index in [0.29, 0.717) is 6.04 Å². The first-order valence-corrected chi connectivity index (χ1v) is 7.23. The number of aromatic nitrogens is 2. The molecule has 0 radical (unpaired) electrons. The Morgan fingerprint density at radius 1 is 1.53 bits per heavy atom. The molecular formula is C14H26N4O. The minimum absolute atomic E-state index is 0.0184. The van der Waals surface area contributed by atoms with Crippen molar-refractivity contribution in [1.82, 2.24) is 14.7 Å². The molecule has 19 heavy (non-hydrogen) atoms. The van der Waals surface area contributed by atoms with Crippen molar-refractivity contribution in [2.24, 2.45) is 5.73 Å². The number of rotatable bonds is 5. The maximum Gasteiger partial charge on any atom is 0.0857 e. The second-order valence-electron chi connectivity index (χ2n) is 5.55. The van der Waals surface area contributed by atoms with E-state index in [-0.39, 0.29) is 12.1 Å². The molecule has 1 saturated heterocycles. The molecule has 2 N–H and O–H groups in total. The van der Waals surface area contributed by atoms with Gasteiger partial charge in [-0.05, 0) is 26.5 Å². The molecule has 1 aliphatic heterocycles. The molecule has 2 heterocycles. The lowest BCUT2D eigenvalue weighted by Crippen LogP contribution is -2.51. The summed E-state index contributed by atoms with van der Waals surface area (Å²) in [6.07, 6.45) is 2.92. The summed E-state index contributed by atoms with van der Waals surface area (Å²) < 4.78 is 7.77. The normalized spacial score (nSPS) is 22.9. The second-order valence-corrected chi connectivity index (χ2v) is 5.55. The van der Waals surface area contributed by atoms with Gasteiger partial charge < -0.3 is 10.5 Å². The minimum Gasteiger partial charge on any atom is -0.374 e. The van der Waals surface area contributed by atoms with Crippen LogP contribution in [0.4, 0.5) is 0 Å². The Bertz CT molecular complexity index is 391. The number of hydrogen-bond acceptors (Lipinski definition) is 4. The fraction of sp³-hybridized carbons (Fsp3) is 0.786. The molecule has 1 aliphatic rings. The van der Waals surface area contributed by atoms with Crippen molar-refractivity contribution in [2.45, 2.75) is 45.4 Å². The molecule has 5 heteroatoms. The standard InChI is InChI=1S/C14H26N4O/c1-4-17-7-8-19-14(10-17)13(15)9-12-5-6-18(16-12)11(2)3/h5-6,11,13-14H,4,7-10,15H2,1-3H3. The Morgan fingerprint density at radius 2 is 2.32 bits per heavy atom. The van der Waals surface area contributed by atoms with Crippen molar-refractivity contribution in [3.05, 3.63) is 18.0 Å². The van der Waals surface area contributed by atoms with Gasteiger partial charge in [-0.15, -0.1) is 0 Å². The predicted octanol–water partition coefficient (Wildman–Crippen LogP) is 1.05. The summed E-state index contributed by atoms with van der Waals surface area (Å²) in [6, 6.07) is 2.47. The van der Waals surface area contributed by atoms with Gasteiger partial charge in [-0.25, -0.2) is 0 Å².